The molecule has 7 nitrogen and oxygen atoms in total. The van der Waals surface area contributed by atoms with Crippen LogP contribution in [0.15, 0.2) is 16.3 Å². The van der Waals surface area contributed by atoms with Crippen LogP contribution in [0, 0.1) is 0 Å². The largest absolute Gasteiger partial charge is 0.251 e. The highest BCUT2D eigenvalue weighted by Gasteiger charge is 2.44. The molecule has 3 aromatic rings. The van der Waals surface area contributed by atoms with Gasteiger partial charge in [0, 0.05) is 24.5 Å². The first kappa shape index (κ1) is 14.9. The Hall–Kier alpha value is -1.68. The molecular weight excluding hydrogens is 385 g/mol. The predicted molar refractivity (Wildman–Crippen MR) is 86.2 cm³/mol. The Morgan fingerprint density at radius 3 is 2.70 bits per heavy atom. The summed E-state index contributed by atoms with van der Waals surface area (Å²) in [6.07, 6.45) is 2.57. The van der Waals surface area contributed by atoms with Crippen LogP contribution in [0.4, 0.5) is 4.39 Å². The van der Waals surface area contributed by atoms with Crippen molar-refractivity contribution in [2.75, 3.05) is 0 Å². The molecule has 0 atom stereocenters. The minimum atomic E-state index is -1.14. The molecule has 0 aromatic carbocycles. The lowest BCUT2D eigenvalue weighted by Gasteiger charge is -2.37. The zero-order chi connectivity index (χ0) is 16.2. The first-order valence-corrected chi connectivity index (χ1v) is 8.73. The van der Waals surface area contributed by atoms with Gasteiger partial charge in [0.15, 0.2) is 5.01 Å². The average Bonchev–Trinajstić information content (AvgIpc) is 3.14. The Bertz CT molecular complexity index is 846. The molecule has 1 aliphatic rings. The zero-order valence-electron chi connectivity index (χ0n) is 12.4. The Morgan fingerprint density at radius 1 is 1.35 bits per heavy atom. The van der Waals surface area contributed by atoms with Crippen molar-refractivity contribution in [2.24, 2.45) is 7.05 Å². The van der Waals surface area contributed by atoms with Crippen LogP contribution < -0.4 is 0 Å². The van der Waals surface area contributed by atoms with Crippen molar-refractivity contribution in [1.82, 2.24) is 34.5 Å². The Kier molecular flexibility index (Phi) is 3.34. The van der Waals surface area contributed by atoms with Crippen LogP contribution in [0.5, 0.6) is 0 Å². The summed E-state index contributed by atoms with van der Waals surface area (Å²) in [7, 11) is 1.78. The van der Waals surface area contributed by atoms with E-state index in [9.17, 15) is 4.39 Å². The molecular formula is C13H13BrFN7S. The number of aromatic nitrogens is 7. The molecule has 0 saturated heterocycles. The molecule has 4 rings (SSSR count). The highest BCUT2D eigenvalue weighted by Crippen LogP contribution is 2.47. The molecule has 0 spiro atoms. The molecule has 23 heavy (non-hydrogen) atoms. The highest BCUT2D eigenvalue weighted by molar-refractivity contribution is 9.10. The Morgan fingerprint density at radius 2 is 2.13 bits per heavy atom. The predicted octanol–water partition coefficient (Wildman–Crippen LogP) is 2.89. The van der Waals surface area contributed by atoms with E-state index in [1.165, 1.54) is 11.3 Å². The molecule has 0 unspecified atom stereocenters. The summed E-state index contributed by atoms with van der Waals surface area (Å²) >= 11 is 4.73. The SMILES string of the molecule is Cn1nc(Br)nc1-n1nc(-c2nccs2)nc1C1CC(C)(F)C1. The third kappa shape index (κ3) is 2.59. The van der Waals surface area contributed by atoms with Crippen molar-refractivity contribution in [2.45, 2.75) is 31.4 Å². The van der Waals surface area contributed by atoms with Gasteiger partial charge in [0.25, 0.3) is 5.95 Å². The van der Waals surface area contributed by atoms with Crippen molar-refractivity contribution in [1.29, 1.82) is 0 Å². The third-order valence-electron chi connectivity index (χ3n) is 3.87. The van der Waals surface area contributed by atoms with Gasteiger partial charge in [0.2, 0.25) is 10.6 Å². The molecule has 1 fully saturated rings. The van der Waals surface area contributed by atoms with Gasteiger partial charge in [-0.2, -0.15) is 9.67 Å². The van der Waals surface area contributed by atoms with Crippen molar-refractivity contribution in [3.05, 3.63) is 22.1 Å². The normalized spacial score (nSPS) is 23.9. The van der Waals surface area contributed by atoms with E-state index < -0.39 is 5.67 Å². The summed E-state index contributed by atoms with van der Waals surface area (Å²) in [5, 5.41) is 11.3. The molecule has 0 bridgehead atoms. The fraction of sp³-hybridized carbons (Fsp3) is 0.462. The standard InChI is InChI=1S/C13H13BrFN7S/c1-13(15)5-7(6-13)9-17-8(10-16-3-4-23-10)19-22(9)12-18-11(14)20-21(12)2/h3-4,7H,5-6H2,1-2H3. The lowest BCUT2D eigenvalue weighted by molar-refractivity contribution is 0.0572. The van der Waals surface area contributed by atoms with Gasteiger partial charge in [-0.15, -0.1) is 21.5 Å². The van der Waals surface area contributed by atoms with E-state index in [0.29, 0.717) is 35.2 Å². The molecule has 0 amide bonds. The van der Waals surface area contributed by atoms with Crippen molar-refractivity contribution in [3.8, 4) is 16.8 Å². The number of hydrogen-bond donors (Lipinski definition) is 0. The van der Waals surface area contributed by atoms with E-state index in [2.05, 4.69) is 41.1 Å². The topological polar surface area (TPSA) is 74.3 Å². The van der Waals surface area contributed by atoms with Gasteiger partial charge in [0.05, 0.1) is 0 Å². The van der Waals surface area contributed by atoms with E-state index in [1.807, 2.05) is 5.38 Å². The van der Waals surface area contributed by atoms with Gasteiger partial charge >= 0.3 is 0 Å². The maximum atomic E-state index is 13.9. The lowest BCUT2D eigenvalue weighted by Crippen LogP contribution is -2.36. The van der Waals surface area contributed by atoms with E-state index in [-0.39, 0.29) is 5.92 Å². The van der Waals surface area contributed by atoms with Crippen LogP contribution in [-0.2, 0) is 7.05 Å². The number of nitrogens with zero attached hydrogens (tertiary/aromatic N) is 7. The summed E-state index contributed by atoms with van der Waals surface area (Å²) in [4.78, 5) is 13.2. The van der Waals surface area contributed by atoms with Crippen molar-refractivity contribution in [3.63, 3.8) is 0 Å². The smallest absolute Gasteiger partial charge is 0.244 e. The van der Waals surface area contributed by atoms with Crippen molar-refractivity contribution < 1.29 is 4.39 Å². The van der Waals surface area contributed by atoms with Crippen LogP contribution in [0.2, 0.25) is 0 Å². The fourth-order valence-corrected chi connectivity index (χ4v) is 3.80. The molecule has 3 heterocycles. The number of thiazole rings is 1. The van der Waals surface area contributed by atoms with Gasteiger partial charge in [0.1, 0.15) is 11.5 Å². The first-order valence-electron chi connectivity index (χ1n) is 7.05. The van der Waals surface area contributed by atoms with Gasteiger partial charge < -0.3 is 0 Å². The maximum absolute atomic E-state index is 13.9. The summed E-state index contributed by atoms with van der Waals surface area (Å²) < 4.78 is 17.7. The molecule has 1 saturated carbocycles. The number of aryl methyl sites for hydroxylation is 1. The number of halogens is 2. The summed E-state index contributed by atoms with van der Waals surface area (Å²) in [6, 6.07) is 0. The summed E-state index contributed by atoms with van der Waals surface area (Å²) in [5.74, 6) is 1.78. The number of rotatable bonds is 3. The van der Waals surface area contributed by atoms with Gasteiger partial charge in [-0.05, 0) is 35.7 Å². The molecule has 120 valence electrons. The molecule has 10 heteroatoms. The highest BCUT2D eigenvalue weighted by atomic mass is 79.9. The Balaban J connectivity index is 1.81. The van der Waals surface area contributed by atoms with Crippen molar-refractivity contribution >= 4 is 27.3 Å². The van der Waals surface area contributed by atoms with Gasteiger partial charge in [-0.25, -0.2) is 19.0 Å². The monoisotopic (exact) mass is 397 g/mol. The van der Waals surface area contributed by atoms with Crippen LogP contribution in [-0.4, -0.2) is 40.2 Å². The molecule has 0 aliphatic heterocycles. The van der Waals surface area contributed by atoms with Crippen LogP contribution >= 0.6 is 27.3 Å². The second-order valence-electron chi connectivity index (χ2n) is 5.87. The van der Waals surface area contributed by atoms with E-state index in [4.69, 9.17) is 0 Å². The second kappa shape index (κ2) is 5.17. The Labute approximate surface area is 143 Å². The quantitative estimate of drug-likeness (QED) is 0.678. The number of hydrogen-bond acceptors (Lipinski definition) is 6. The molecule has 0 radical (unpaired) electrons. The van der Waals surface area contributed by atoms with E-state index >= 15 is 0 Å². The summed E-state index contributed by atoms with van der Waals surface area (Å²) in [5.41, 5.74) is -1.14. The molecule has 3 aromatic heterocycles. The van der Waals surface area contributed by atoms with E-state index in [0.717, 1.165) is 5.01 Å². The summed E-state index contributed by atoms with van der Waals surface area (Å²) in [6.45, 7) is 1.62. The van der Waals surface area contributed by atoms with Gasteiger partial charge in [-0.3, -0.25) is 0 Å². The molecule has 1 aliphatic carbocycles. The maximum Gasteiger partial charge on any atom is 0.251 e. The zero-order valence-corrected chi connectivity index (χ0v) is 14.8. The lowest BCUT2D eigenvalue weighted by atomic mass is 9.73. The van der Waals surface area contributed by atoms with Gasteiger partial charge in [-0.1, -0.05) is 0 Å². The minimum Gasteiger partial charge on any atom is -0.244 e. The average molecular weight is 398 g/mol. The third-order valence-corrected chi connectivity index (χ3v) is 4.97. The van der Waals surface area contributed by atoms with Crippen LogP contribution in [0.1, 0.15) is 31.5 Å². The minimum absolute atomic E-state index is 0.0155. The first-order chi connectivity index (χ1) is 10.9. The fourth-order valence-electron chi connectivity index (χ4n) is 2.84. The van der Waals surface area contributed by atoms with Crippen LogP contribution in [0.3, 0.4) is 0 Å². The van der Waals surface area contributed by atoms with E-state index in [1.54, 1.807) is 29.5 Å². The molecule has 0 N–H and O–H groups in total. The number of alkyl halides is 1. The van der Waals surface area contributed by atoms with Crippen LogP contribution in [0.25, 0.3) is 16.8 Å². The second-order valence-corrected chi connectivity index (χ2v) is 7.47.